The van der Waals surface area contributed by atoms with Gasteiger partial charge in [-0.3, -0.25) is 0 Å². The standard InChI is InChI=1S/C14H23N3O/c1-6-11(9(2)3)10(4)7-12-13(15)14(18-5)17-8-16-12/h6,8-11H,1,7,15H2,2-5H3. The molecule has 2 unspecified atom stereocenters. The van der Waals surface area contributed by atoms with Crippen LogP contribution < -0.4 is 10.5 Å². The van der Waals surface area contributed by atoms with Crippen LogP contribution in [0, 0.1) is 17.8 Å². The van der Waals surface area contributed by atoms with E-state index < -0.39 is 0 Å². The Balaban J connectivity index is 2.87. The molecule has 0 amide bonds. The van der Waals surface area contributed by atoms with Crippen LogP contribution in [0.15, 0.2) is 19.0 Å². The normalized spacial score (nSPS) is 14.3. The van der Waals surface area contributed by atoms with E-state index in [1.807, 2.05) is 6.08 Å². The number of nitrogens with two attached hydrogens (primary N) is 1. The number of methoxy groups -OCH3 is 1. The van der Waals surface area contributed by atoms with Crippen molar-refractivity contribution < 1.29 is 4.74 Å². The van der Waals surface area contributed by atoms with Crippen molar-refractivity contribution in [1.82, 2.24) is 9.97 Å². The number of nitrogens with zero attached hydrogens (tertiary/aromatic N) is 2. The van der Waals surface area contributed by atoms with Crippen LogP contribution >= 0.6 is 0 Å². The van der Waals surface area contributed by atoms with Crippen molar-refractivity contribution in [3.8, 4) is 5.88 Å². The topological polar surface area (TPSA) is 61.0 Å². The SMILES string of the molecule is C=CC(C(C)C)C(C)Cc1ncnc(OC)c1N. The van der Waals surface area contributed by atoms with Gasteiger partial charge in [-0.15, -0.1) is 6.58 Å². The smallest absolute Gasteiger partial charge is 0.240 e. The number of nitrogen functional groups attached to an aromatic ring is 1. The number of ether oxygens (including phenoxy) is 1. The van der Waals surface area contributed by atoms with E-state index in [-0.39, 0.29) is 0 Å². The van der Waals surface area contributed by atoms with Crippen molar-refractivity contribution >= 4 is 5.69 Å². The summed E-state index contributed by atoms with van der Waals surface area (Å²) in [6.45, 7) is 10.5. The number of hydrogen-bond acceptors (Lipinski definition) is 4. The maximum Gasteiger partial charge on any atom is 0.240 e. The molecule has 4 nitrogen and oxygen atoms in total. The second-order valence-corrected chi connectivity index (χ2v) is 4.98. The van der Waals surface area contributed by atoms with Crippen molar-refractivity contribution in [2.24, 2.45) is 17.8 Å². The van der Waals surface area contributed by atoms with Crippen molar-refractivity contribution in [3.63, 3.8) is 0 Å². The number of rotatable bonds is 6. The summed E-state index contributed by atoms with van der Waals surface area (Å²) in [6.07, 6.45) is 4.32. The molecule has 0 saturated carbocycles. The van der Waals surface area contributed by atoms with Gasteiger partial charge in [0.2, 0.25) is 5.88 Å². The van der Waals surface area contributed by atoms with Crippen molar-refractivity contribution in [2.75, 3.05) is 12.8 Å². The molecule has 0 saturated heterocycles. The molecule has 0 spiro atoms. The lowest BCUT2D eigenvalue weighted by Crippen LogP contribution is -2.19. The van der Waals surface area contributed by atoms with Crippen molar-refractivity contribution in [2.45, 2.75) is 27.2 Å². The van der Waals surface area contributed by atoms with Gasteiger partial charge < -0.3 is 10.5 Å². The molecule has 0 aliphatic rings. The maximum absolute atomic E-state index is 5.98. The molecule has 1 aromatic heterocycles. The first kappa shape index (κ1) is 14.5. The molecule has 1 heterocycles. The highest BCUT2D eigenvalue weighted by Crippen LogP contribution is 2.28. The Morgan fingerprint density at radius 1 is 1.39 bits per heavy atom. The maximum atomic E-state index is 5.98. The average Bonchev–Trinajstić information content (AvgIpc) is 2.32. The summed E-state index contributed by atoms with van der Waals surface area (Å²) in [5, 5.41) is 0. The van der Waals surface area contributed by atoms with Crippen LogP contribution in [0.1, 0.15) is 26.5 Å². The summed E-state index contributed by atoms with van der Waals surface area (Å²) in [5.74, 6) is 1.89. The van der Waals surface area contributed by atoms with Gasteiger partial charge in [-0.2, -0.15) is 4.98 Å². The van der Waals surface area contributed by atoms with E-state index in [0.29, 0.717) is 29.3 Å². The van der Waals surface area contributed by atoms with Crippen LogP contribution in [0.3, 0.4) is 0 Å². The van der Waals surface area contributed by atoms with Gasteiger partial charge in [-0.1, -0.05) is 26.8 Å². The molecule has 0 fully saturated rings. The van der Waals surface area contributed by atoms with Gasteiger partial charge in [0, 0.05) is 0 Å². The molecular weight excluding hydrogens is 226 g/mol. The van der Waals surface area contributed by atoms with E-state index in [4.69, 9.17) is 10.5 Å². The first-order valence-electron chi connectivity index (χ1n) is 6.27. The molecule has 0 aromatic carbocycles. The van der Waals surface area contributed by atoms with Gasteiger partial charge in [0.05, 0.1) is 12.8 Å². The summed E-state index contributed by atoms with van der Waals surface area (Å²) in [4.78, 5) is 8.24. The third-order valence-electron chi connectivity index (χ3n) is 3.34. The van der Waals surface area contributed by atoms with E-state index in [0.717, 1.165) is 12.1 Å². The van der Waals surface area contributed by atoms with Gasteiger partial charge >= 0.3 is 0 Å². The number of allylic oxidation sites excluding steroid dienone is 1. The molecule has 2 atom stereocenters. The zero-order valence-electron chi connectivity index (χ0n) is 11.7. The minimum Gasteiger partial charge on any atom is -0.479 e. The first-order valence-corrected chi connectivity index (χ1v) is 6.27. The van der Waals surface area contributed by atoms with Gasteiger partial charge in [0.1, 0.15) is 12.0 Å². The summed E-state index contributed by atoms with van der Waals surface area (Å²) >= 11 is 0. The third kappa shape index (κ3) is 3.22. The largest absolute Gasteiger partial charge is 0.479 e. The van der Waals surface area contributed by atoms with Crippen LogP contribution in [0.2, 0.25) is 0 Å². The lowest BCUT2D eigenvalue weighted by atomic mass is 9.82. The molecule has 18 heavy (non-hydrogen) atoms. The minimum absolute atomic E-state index is 0.435. The Labute approximate surface area is 109 Å². The van der Waals surface area contributed by atoms with E-state index >= 15 is 0 Å². The summed E-state index contributed by atoms with van der Waals surface area (Å²) < 4.78 is 5.11. The van der Waals surface area contributed by atoms with Crippen LogP contribution in [0.25, 0.3) is 0 Å². The van der Waals surface area contributed by atoms with E-state index in [1.165, 1.54) is 6.33 Å². The first-order chi connectivity index (χ1) is 8.51. The lowest BCUT2D eigenvalue weighted by Gasteiger charge is -2.24. The number of aromatic nitrogens is 2. The van der Waals surface area contributed by atoms with E-state index in [1.54, 1.807) is 7.11 Å². The van der Waals surface area contributed by atoms with E-state index in [9.17, 15) is 0 Å². The quantitative estimate of drug-likeness (QED) is 0.787. The van der Waals surface area contributed by atoms with Crippen LogP contribution in [0.5, 0.6) is 5.88 Å². The van der Waals surface area contributed by atoms with Gasteiger partial charge in [-0.25, -0.2) is 4.98 Å². The molecule has 1 rings (SSSR count). The van der Waals surface area contributed by atoms with Gasteiger partial charge in [-0.05, 0) is 24.2 Å². The summed E-state index contributed by atoms with van der Waals surface area (Å²) in [7, 11) is 1.56. The fraction of sp³-hybridized carbons (Fsp3) is 0.571. The Bertz CT molecular complexity index is 404. The Morgan fingerprint density at radius 2 is 2.06 bits per heavy atom. The predicted molar refractivity (Wildman–Crippen MR) is 74.4 cm³/mol. The van der Waals surface area contributed by atoms with Gasteiger partial charge in [0.25, 0.3) is 0 Å². The molecule has 4 heteroatoms. The fourth-order valence-corrected chi connectivity index (χ4v) is 2.34. The summed E-state index contributed by atoms with van der Waals surface area (Å²) in [5.41, 5.74) is 7.37. The Morgan fingerprint density at radius 3 is 2.56 bits per heavy atom. The molecule has 1 aromatic rings. The molecule has 0 aliphatic carbocycles. The molecular formula is C14H23N3O. The fourth-order valence-electron chi connectivity index (χ4n) is 2.34. The molecule has 2 N–H and O–H groups in total. The molecule has 0 aliphatic heterocycles. The van der Waals surface area contributed by atoms with Crippen LogP contribution in [-0.4, -0.2) is 17.1 Å². The monoisotopic (exact) mass is 249 g/mol. The highest BCUT2D eigenvalue weighted by molar-refractivity contribution is 5.51. The zero-order valence-corrected chi connectivity index (χ0v) is 11.7. The average molecular weight is 249 g/mol. The summed E-state index contributed by atoms with van der Waals surface area (Å²) in [6, 6.07) is 0. The highest BCUT2D eigenvalue weighted by atomic mass is 16.5. The zero-order chi connectivity index (χ0) is 13.7. The minimum atomic E-state index is 0.435. The second kappa shape index (κ2) is 6.38. The predicted octanol–water partition coefficient (Wildman–Crippen LogP) is 2.70. The Kier molecular flexibility index (Phi) is 5.13. The van der Waals surface area contributed by atoms with Crippen molar-refractivity contribution in [3.05, 3.63) is 24.7 Å². The second-order valence-electron chi connectivity index (χ2n) is 4.98. The number of anilines is 1. The molecule has 100 valence electrons. The van der Waals surface area contributed by atoms with Crippen LogP contribution in [0.4, 0.5) is 5.69 Å². The van der Waals surface area contributed by atoms with E-state index in [2.05, 4.69) is 37.3 Å². The molecule has 0 radical (unpaired) electrons. The Hall–Kier alpha value is -1.58. The van der Waals surface area contributed by atoms with Crippen LogP contribution in [-0.2, 0) is 6.42 Å². The lowest BCUT2D eigenvalue weighted by molar-refractivity contribution is 0.330. The highest BCUT2D eigenvalue weighted by Gasteiger charge is 2.20. The molecule has 0 bridgehead atoms. The third-order valence-corrected chi connectivity index (χ3v) is 3.34. The van der Waals surface area contributed by atoms with Crippen molar-refractivity contribution in [1.29, 1.82) is 0 Å². The van der Waals surface area contributed by atoms with Gasteiger partial charge in [0.15, 0.2) is 0 Å². The number of hydrogen-bond donors (Lipinski definition) is 1.